The summed E-state index contributed by atoms with van der Waals surface area (Å²) >= 11 is 0. The highest BCUT2D eigenvalue weighted by molar-refractivity contribution is 6.02. The van der Waals surface area contributed by atoms with Gasteiger partial charge >= 0.3 is 0 Å². The van der Waals surface area contributed by atoms with Crippen LogP contribution in [0.4, 0.5) is 5.69 Å². The van der Waals surface area contributed by atoms with E-state index in [-0.39, 0.29) is 17.6 Å². The van der Waals surface area contributed by atoms with E-state index >= 15 is 0 Å². The molecular formula is C16H21N3O2. The minimum Gasteiger partial charge on any atom is -0.446 e. The summed E-state index contributed by atoms with van der Waals surface area (Å²) in [5.41, 5.74) is 8.01. The molecule has 0 radical (unpaired) electrons. The van der Waals surface area contributed by atoms with Crippen molar-refractivity contribution in [1.82, 2.24) is 4.98 Å². The van der Waals surface area contributed by atoms with Crippen molar-refractivity contribution in [3.8, 4) is 0 Å². The molecule has 0 saturated heterocycles. The lowest BCUT2D eigenvalue weighted by Gasteiger charge is -2.07. The van der Waals surface area contributed by atoms with Crippen molar-refractivity contribution in [1.29, 1.82) is 0 Å². The van der Waals surface area contributed by atoms with E-state index in [9.17, 15) is 4.79 Å². The Balaban J connectivity index is 2.05. The number of nitrogens with one attached hydrogen (secondary N) is 1. The molecule has 0 spiro atoms. The van der Waals surface area contributed by atoms with E-state index in [0.29, 0.717) is 18.2 Å². The van der Waals surface area contributed by atoms with Gasteiger partial charge in [0.15, 0.2) is 5.69 Å². The highest BCUT2D eigenvalue weighted by Gasteiger charge is 2.16. The van der Waals surface area contributed by atoms with Crippen LogP contribution in [0.3, 0.4) is 0 Å². The number of hydrogen-bond acceptors (Lipinski definition) is 4. The maximum atomic E-state index is 12.1. The number of oxazole rings is 1. The molecule has 5 heteroatoms. The minimum atomic E-state index is -0.300. The van der Waals surface area contributed by atoms with Crippen LogP contribution < -0.4 is 11.1 Å². The number of carbonyl (C=O) groups is 1. The number of aromatic nitrogens is 1. The van der Waals surface area contributed by atoms with Crippen LogP contribution in [0, 0.1) is 0 Å². The molecular weight excluding hydrogens is 266 g/mol. The van der Waals surface area contributed by atoms with Crippen LogP contribution in [0.25, 0.3) is 0 Å². The smallest absolute Gasteiger partial charge is 0.277 e. The average molecular weight is 287 g/mol. The number of anilines is 1. The molecule has 1 heterocycles. The lowest BCUT2D eigenvalue weighted by molar-refractivity contribution is 0.102. The molecule has 1 aromatic carbocycles. The fourth-order valence-corrected chi connectivity index (χ4v) is 1.88. The van der Waals surface area contributed by atoms with Crippen LogP contribution in [0.5, 0.6) is 0 Å². The van der Waals surface area contributed by atoms with E-state index in [1.54, 1.807) is 0 Å². The van der Waals surface area contributed by atoms with E-state index in [4.69, 9.17) is 10.2 Å². The molecule has 0 aliphatic carbocycles. The van der Waals surface area contributed by atoms with E-state index in [0.717, 1.165) is 5.69 Å². The summed E-state index contributed by atoms with van der Waals surface area (Å²) in [5, 5.41) is 2.79. The number of nitrogens with two attached hydrogens (primary N) is 1. The molecule has 0 aliphatic heterocycles. The molecule has 3 N–H and O–H groups in total. The van der Waals surface area contributed by atoms with E-state index in [1.165, 1.54) is 11.8 Å². The van der Waals surface area contributed by atoms with Crippen molar-refractivity contribution in [3.05, 3.63) is 47.7 Å². The molecule has 0 bridgehead atoms. The third kappa shape index (κ3) is 3.70. The van der Waals surface area contributed by atoms with Gasteiger partial charge < -0.3 is 15.5 Å². The van der Waals surface area contributed by atoms with Gasteiger partial charge in [-0.3, -0.25) is 4.79 Å². The van der Waals surface area contributed by atoms with Gasteiger partial charge in [-0.2, -0.15) is 0 Å². The zero-order chi connectivity index (χ0) is 15.4. The van der Waals surface area contributed by atoms with Gasteiger partial charge in [0.25, 0.3) is 5.91 Å². The van der Waals surface area contributed by atoms with Gasteiger partial charge in [0.2, 0.25) is 5.89 Å². The third-order valence-electron chi connectivity index (χ3n) is 3.35. The van der Waals surface area contributed by atoms with Gasteiger partial charge in [0.1, 0.15) is 6.26 Å². The SMILES string of the molecule is CCC(N)c1nc(C(=O)Nc2ccc(C(C)C)cc2)co1. The highest BCUT2D eigenvalue weighted by Crippen LogP contribution is 2.18. The Morgan fingerprint density at radius 3 is 2.57 bits per heavy atom. The molecule has 2 rings (SSSR count). The fourth-order valence-electron chi connectivity index (χ4n) is 1.88. The number of carbonyl (C=O) groups excluding carboxylic acids is 1. The fraction of sp³-hybridized carbons (Fsp3) is 0.375. The first-order valence-corrected chi connectivity index (χ1v) is 7.13. The second kappa shape index (κ2) is 6.54. The summed E-state index contributed by atoms with van der Waals surface area (Å²) in [5.74, 6) is 0.548. The first-order valence-electron chi connectivity index (χ1n) is 7.13. The second-order valence-electron chi connectivity index (χ2n) is 5.32. The average Bonchev–Trinajstić information content (AvgIpc) is 2.97. The second-order valence-corrected chi connectivity index (χ2v) is 5.32. The van der Waals surface area contributed by atoms with Crippen LogP contribution in [-0.2, 0) is 0 Å². The Morgan fingerprint density at radius 2 is 2.00 bits per heavy atom. The molecule has 0 saturated carbocycles. The minimum absolute atomic E-state index is 0.238. The van der Waals surface area contributed by atoms with Crippen molar-refractivity contribution in [3.63, 3.8) is 0 Å². The number of hydrogen-bond donors (Lipinski definition) is 2. The van der Waals surface area contributed by atoms with Crippen LogP contribution in [-0.4, -0.2) is 10.9 Å². The maximum absolute atomic E-state index is 12.1. The van der Waals surface area contributed by atoms with Crippen molar-refractivity contribution in [2.24, 2.45) is 5.73 Å². The molecule has 21 heavy (non-hydrogen) atoms. The number of benzene rings is 1. The van der Waals surface area contributed by atoms with E-state index < -0.39 is 0 Å². The van der Waals surface area contributed by atoms with Gasteiger partial charge in [-0.1, -0.05) is 32.9 Å². The molecule has 0 fully saturated rings. The van der Waals surface area contributed by atoms with Crippen LogP contribution in [0.15, 0.2) is 34.9 Å². The number of nitrogens with zero attached hydrogens (tertiary/aromatic N) is 1. The van der Waals surface area contributed by atoms with Crippen LogP contribution in [0.1, 0.15) is 61.1 Å². The topological polar surface area (TPSA) is 81.1 Å². The van der Waals surface area contributed by atoms with Crippen molar-refractivity contribution >= 4 is 11.6 Å². The Bertz CT molecular complexity index is 602. The van der Waals surface area contributed by atoms with Gasteiger partial charge in [0.05, 0.1) is 6.04 Å². The Kier molecular flexibility index (Phi) is 4.75. The predicted molar refractivity (Wildman–Crippen MR) is 82.2 cm³/mol. The Hall–Kier alpha value is -2.14. The predicted octanol–water partition coefficient (Wildman–Crippen LogP) is 3.46. The number of amides is 1. The summed E-state index contributed by atoms with van der Waals surface area (Å²) in [7, 11) is 0. The summed E-state index contributed by atoms with van der Waals surface area (Å²) in [6.07, 6.45) is 2.04. The van der Waals surface area contributed by atoms with Crippen LogP contribution >= 0.6 is 0 Å². The van der Waals surface area contributed by atoms with Crippen LogP contribution in [0.2, 0.25) is 0 Å². The molecule has 5 nitrogen and oxygen atoms in total. The summed E-state index contributed by atoms with van der Waals surface area (Å²) in [6, 6.07) is 7.48. The third-order valence-corrected chi connectivity index (χ3v) is 3.35. The lowest BCUT2D eigenvalue weighted by atomic mass is 10.0. The van der Waals surface area contributed by atoms with E-state index in [2.05, 4.69) is 24.1 Å². The lowest BCUT2D eigenvalue weighted by Crippen LogP contribution is -2.14. The standard InChI is InChI=1S/C16H21N3O2/c1-4-13(17)16-19-14(9-21-16)15(20)18-12-7-5-11(6-8-12)10(2)3/h5-10,13H,4,17H2,1-3H3,(H,18,20). The quantitative estimate of drug-likeness (QED) is 0.882. The van der Waals surface area contributed by atoms with Crippen molar-refractivity contribution in [2.45, 2.75) is 39.2 Å². The summed E-state index contributed by atoms with van der Waals surface area (Å²) in [4.78, 5) is 16.2. The molecule has 1 amide bonds. The highest BCUT2D eigenvalue weighted by atomic mass is 16.3. The Labute approximate surface area is 124 Å². The summed E-state index contributed by atoms with van der Waals surface area (Å²) in [6.45, 7) is 6.19. The van der Waals surface area contributed by atoms with Crippen molar-refractivity contribution < 1.29 is 9.21 Å². The molecule has 1 unspecified atom stereocenters. The monoisotopic (exact) mass is 287 g/mol. The first-order chi connectivity index (χ1) is 10.0. The molecule has 1 atom stereocenters. The summed E-state index contributed by atoms with van der Waals surface area (Å²) < 4.78 is 5.23. The molecule has 1 aromatic heterocycles. The normalized spacial score (nSPS) is 12.4. The number of rotatable bonds is 5. The largest absolute Gasteiger partial charge is 0.446 e. The van der Waals surface area contributed by atoms with Crippen molar-refractivity contribution in [2.75, 3.05) is 5.32 Å². The van der Waals surface area contributed by atoms with Gasteiger partial charge in [0, 0.05) is 5.69 Å². The maximum Gasteiger partial charge on any atom is 0.277 e. The molecule has 112 valence electrons. The Morgan fingerprint density at radius 1 is 1.33 bits per heavy atom. The van der Waals surface area contributed by atoms with E-state index in [1.807, 2.05) is 31.2 Å². The zero-order valence-electron chi connectivity index (χ0n) is 12.6. The molecule has 0 aliphatic rings. The first kappa shape index (κ1) is 15.3. The van der Waals surface area contributed by atoms with Gasteiger partial charge in [-0.05, 0) is 30.0 Å². The molecule has 2 aromatic rings. The van der Waals surface area contributed by atoms with Gasteiger partial charge in [-0.15, -0.1) is 0 Å². The zero-order valence-corrected chi connectivity index (χ0v) is 12.6. The van der Waals surface area contributed by atoms with Gasteiger partial charge in [-0.25, -0.2) is 4.98 Å².